The number of piperidine rings is 1. The number of nitrogens with zero attached hydrogens (tertiary/aromatic N) is 6. The first kappa shape index (κ1) is 22.6. The second-order valence-electron chi connectivity index (χ2n) is 9.38. The fourth-order valence-electron chi connectivity index (χ4n) is 5.05. The van der Waals surface area contributed by atoms with Crippen LogP contribution in [0.3, 0.4) is 0 Å². The molecule has 6 rings (SSSR count). The van der Waals surface area contributed by atoms with Gasteiger partial charge < -0.3 is 20.3 Å². The molecule has 1 aromatic carbocycles. The van der Waals surface area contributed by atoms with Crippen molar-refractivity contribution in [2.24, 2.45) is 0 Å². The van der Waals surface area contributed by atoms with Gasteiger partial charge in [-0.1, -0.05) is 35.8 Å². The molecule has 0 atom stereocenters. The molecule has 3 aromatic heterocycles. The van der Waals surface area contributed by atoms with Crippen LogP contribution in [-0.2, 0) is 5.41 Å². The molecule has 1 aliphatic heterocycles. The highest BCUT2D eigenvalue weighted by molar-refractivity contribution is 7.10. The Kier molecular flexibility index (Phi) is 5.63. The zero-order valence-corrected chi connectivity index (χ0v) is 20.3. The molecule has 11 heteroatoms. The van der Waals surface area contributed by atoms with Gasteiger partial charge in [-0.05, 0) is 36.8 Å². The monoisotopic (exact) mass is 503 g/mol. The van der Waals surface area contributed by atoms with Gasteiger partial charge in [-0.15, -0.1) is 11.3 Å². The lowest BCUT2D eigenvalue weighted by molar-refractivity contribution is 0.132. The maximum atomic E-state index is 11.2. The SMILES string of the molecule is Nc1ncc(-c2ccc(C3(c4noc(-c5csc(C6CCN(C(=O)O)CC6)n5)n4)CCC3)cc2)cn1. The minimum absolute atomic E-state index is 0.254. The summed E-state index contributed by atoms with van der Waals surface area (Å²) in [6, 6.07) is 8.36. The van der Waals surface area contributed by atoms with Crippen molar-refractivity contribution in [3.05, 3.63) is 58.4 Å². The summed E-state index contributed by atoms with van der Waals surface area (Å²) in [4.78, 5) is 30.3. The average molecular weight is 504 g/mol. The van der Waals surface area contributed by atoms with Gasteiger partial charge in [0.25, 0.3) is 5.89 Å². The van der Waals surface area contributed by atoms with Crippen LogP contribution in [0, 0.1) is 0 Å². The minimum atomic E-state index is -0.856. The first-order chi connectivity index (χ1) is 17.5. The van der Waals surface area contributed by atoms with Gasteiger partial charge in [-0.25, -0.2) is 19.7 Å². The van der Waals surface area contributed by atoms with Crippen LogP contribution in [0.25, 0.3) is 22.7 Å². The Labute approximate surface area is 211 Å². The van der Waals surface area contributed by atoms with Crippen LogP contribution in [0.2, 0.25) is 0 Å². The number of anilines is 1. The number of carbonyl (C=O) groups is 1. The Balaban J connectivity index is 1.20. The quantitative estimate of drug-likeness (QED) is 0.400. The van der Waals surface area contributed by atoms with E-state index in [2.05, 4.69) is 39.4 Å². The van der Waals surface area contributed by atoms with Crippen molar-refractivity contribution in [1.29, 1.82) is 0 Å². The molecule has 0 radical (unpaired) electrons. The van der Waals surface area contributed by atoms with Gasteiger partial charge >= 0.3 is 6.09 Å². The maximum absolute atomic E-state index is 11.2. The molecular formula is C25H25N7O3S. The summed E-state index contributed by atoms with van der Waals surface area (Å²) < 4.78 is 5.68. The van der Waals surface area contributed by atoms with E-state index < -0.39 is 6.09 Å². The van der Waals surface area contributed by atoms with Gasteiger partial charge in [0, 0.05) is 42.3 Å². The summed E-state index contributed by atoms with van der Waals surface area (Å²) in [5, 5.41) is 16.5. The van der Waals surface area contributed by atoms with Crippen molar-refractivity contribution < 1.29 is 14.4 Å². The molecule has 2 aliphatic rings. The second kappa shape index (κ2) is 8.98. The van der Waals surface area contributed by atoms with E-state index in [-0.39, 0.29) is 17.3 Å². The van der Waals surface area contributed by atoms with E-state index in [9.17, 15) is 9.90 Å². The summed E-state index contributed by atoms with van der Waals surface area (Å²) in [6.45, 7) is 1.07. The lowest BCUT2D eigenvalue weighted by Gasteiger charge is -2.39. The number of thiazole rings is 1. The highest BCUT2D eigenvalue weighted by atomic mass is 32.1. The van der Waals surface area contributed by atoms with Crippen molar-refractivity contribution in [3.8, 4) is 22.7 Å². The van der Waals surface area contributed by atoms with Gasteiger partial charge in [0.15, 0.2) is 5.82 Å². The molecule has 4 heterocycles. The van der Waals surface area contributed by atoms with Crippen LogP contribution in [0.4, 0.5) is 10.7 Å². The molecule has 1 saturated heterocycles. The first-order valence-corrected chi connectivity index (χ1v) is 12.9. The molecule has 0 bridgehead atoms. The number of amides is 1. The van der Waals surface area contributed by atoms with Gasteiger partial charge in [0.05, 0.1) is 10.4 Å². The number of nitrogens with two attached hydrogens (primary N) is 1. The Hall–Kier alpha value is -3.86. The molecule has 2 fully saturated rings. The van der Waals surface area contributed by atoms with Crippen molar-refractivity contribution in [3.63, 3.8) is 0 Å². The number of rotatable bonds is 5. The predicted molar refractivity (Wildman–Crippen MR) is 133 cm³/mol. The zero-order valence-electron chi connectivity index (χ0n) is 19.5. The van der Waals surface area contributed by atoms with Crippen molar-refractivity contribution >= 4 is 23.4 Å². The van der Waals surface area contributed by atoms with E-state index in [0.717, 1.165) is 53.8 Å². The number of hydrogen-bond donors (Lipinski definition) is 2. The van der Waals surface area contributed by atoms with E-state index in [1.54, 1.807) is 23.7 Å². The van der Waals surface area contributed by atoms with Crippen LogP contribution < -0.4 is 5.73 Å². The van der Waals surface area contributed by atoms with Crippen LogP contribution >= 0.6 is 11.3 Å². The molecule has 3 N–H and O–H groups in total. The van der Waals surface area contributed by atoms with E-state index in [4.69, 9.17) is 20.2 Å². The molecule has 0 spiro atoms. The number of benzene rings is 1. The maximum Gasteiger partial charge on any atom is 0.407 e. The topological polar surface area (TPSA) is 144 Å². The van der Waals surface area contributed by atoms with Crippen molar-refractivity contribution in [2.75, 3.05) is 18.8 Å². The second-order valence-corrected chi connectivity index (χ2v) is 10.3. The summed E-state index contributed by atoms with van der Waals surface area (Å²) >= 11 is 1.57. The third kappa shape index (κ3) is 3.98. The number of hydrogen-bond acceptors (Lipinski definition) is 9. The Morgan fingerprint density at radius 3 is 2.44 bits per heavy atom. The van der Waals surface area contributed by atoms with Gasteiger partial charge in [-0.2, -0.15) is 4.98 Å². The highest BCUT2D eigenvalue weighted by Crippen LogP contribution is 2.48. The lowest BCUT2D eigenvalue weighted by Crippen LogP contribution is -2.36. The number of likely N-dealkylation sites (tertiary alicyclic amines) is 1. The molecular weight excluding hydrogens is 478 g/mol. The highest BCUT2D eigenvalue weighted by Gasteiger charge is 2.44. The molecule has 4 aromatic rings. The van der Waals surface area contributed by atoms with Crippen molar-refractivity contribution in [2.45, 2.75) is 43.4 Å². The number of nitrogen functional groups attached to an aromatic ring is 1. The van der Waals surface area contributed by atoms with Crippen molar-refractivity contribution in [1.82, 2.24) is 30.0 Å². The molecule has 1 amide bonds. The van der Waals surface area contributed by atoms with E-state index in [1.165, 1.54) is 4.90 Å². The summed E-state index contributed by atoms with van der Waals surface area (Å²) in [7, 11) is 0. The fraction of sp³-hybridized carbons (Fsp3) is 0.360. The third-order valence-corrected chi connectivity index (χ3v) is 8.37. The lowest BCUT2D eigenvalue weighted by atomic mass is 9.64. The van der Waals surface area contributed by atoms with Crippen LogP contribution in [0.5, 0.6) is 0 Å². The third-order valence-electron chi connectivity index (χ3n) is 7.36. The summed E-state index contributed by atoms with van der Waals surface area (Å²) in [5.41, 5.74) is 9.11. The molecule has 0 unspecified atom stereocenters. The van der Waals surface area contributed by atoms with Gasteiger partial charge in [0.1, 0.15) is 5.69 Å². The molecule has 1 aliphatic carbocycles. The smallest absolute Gasteiger partial charge is 0.407 e. The van der Waals surface area contributed by atoms with Crippen LogP contribution in [0.15, 0.2) is 46.6 Å². The van der Waals surface area contributed by atoms with Crippen LogP contribution in [-0.4, -0.2) is 54.3 Å². The van der Waals surface area contributed by atoms with E-state index in [1.807, 2.05) is 5.38 Å². The average Bonchev–Trinajstić information content (AvgIpc) is 3.55. The number of carboxylic acid groups (broad SMARTS) is 1. The normalized spacial score (nSPS) is 17.6. The minimum Gasteiger partial charge on any atom is -0.465 e. The molecule has 10 nitrogen and oxygen atoms in total. The molecule has 184 valence electrons. The fourth-order valence-corrected chi connectivity index (χ4v) is 6.02. The molecule has 1 saturated carbocycles. The Morgan fingerprint density at radius 2 is 1.81 bits per heavy atom. The van der Waals surface area contributed by atoms with Gasteiger partial charge in [-0.3, -0.25) is 0 Å². The largest absolute Gasteiger partial charge is 0.465 e. The standard InChI is InChI=1S/C25H25N7O3S/c26-23-27-12-17(13-28-23)15-2-4-18(5-3-15)25(8-1-9-25)22-30-20(35-31-22)19-14-36-21(29-19)16-6-10-32(11-7-16)24(33)34/h2-5,12-14,16H,1,6-11H2,(H,33,34)(H2,26,27,28). The van der Waals surface area contributed by atoms with E-state index in [0.29, 0.717) is 30.5 Å². The predicted octanol–water partition coefficient (Wildman–Crippen LogP) is 4.56. The van der Waals surface area contributed by atoms with E-state index >= 15 is 0 Å². The Bertz CT molecular complexity index is 1370. The zero-order chi connectivity index (χ0) is 24.7. The summed E-state index contributed by atoms with van der Waals surface area (Å²) in [6.07, 6.45) is 7.16. The number of aromatic nitrogens is 5. The van der Waals surface area contributed by atoms with Crippen LogP contribution in [0.1, 0.15) is 54.4 Å². The molecule has 36 heavy (non-hydrogen) atoms. The first-order valence-electron chi connectivity index (χ1n) is 12.0. The Morgan fingerprint density at radius 1 is 1.08 bits per heavy atom. The van der Waals surface area contributed by atoms with Gasteiger partial charge in [0.2, 0.25) is 5.95 Å². The summed E-state index contributed by atoms with van der Waals surface area (Å²) in [5.74, 6) is 1.63.